The van der Waals surface area contributed by atoms with Gasteiger partial charge >= 0.3 is 5.97 Å². The highest BCUT2D eigenvalue weighted by Gasteiger charge is 2.10. The van der Waals surface area contributed by atoms with Gasteiger partial charge in [-0.2, -0.15) is 8.42 Å². The minimum Gasteiger partial charge on any atom is -0.491 e. The van der Waals surface area contributed by atoms with Crippen LogP contribution in [0.3, 0.4) is 0 Å². The highest BCUT2D eigenvalue weighted by Crippen LogP contribution is 2.31. The zero-order valence-corrected chi connectivity index (χ0v) is 23.5. The molecule has 0 spiro atoms. The predicted octanol–water partition coefficient (Wildman–Crippen LogP) is 5.66. The van der Waals surface area contributed by atoms with Crippen molar-refractivity contribution in [1.29, 1.82) is 0 Å². The fourth-order valence-corrected chi connectivity index (χ4v) is 3.97. The summed E-state index contributed by atoms with van der Waals surface area (Å²) >= 11 is 0. The minimum absolute atomic E-state index is 0.0876. The van der Waals surface area contributed by atoms with Crippen LogP contribution in [-0.2, 0) is 32.6 Å². The largest absolute Gasteiger partial charge is 0.491 e. The number of carboxylic acid groups (broad SMARTS) is 1. The van der Waals surface area contributed by atoms with E-state index in [0.29, 0.717) is 43.9 Å². The van der Waals surface area contributed by atoms with Crippen LogP contribution in [0.25, 0.3) is 11.1 Å². The SMILES string of the molecule is CCOCCOc1cc(C)c(-c2cccc(CNc3ccc(CCC(=O)O)c(F)c3)c2)c(C)c1.CS(=O)(=O)O. The summed E-state index contributed by atoms with van der Waals surface area (Å²) in [6, 6.07) is 17.2. The Kier molecular flexibility index (Phi) is 12.4. The van der Waals surface area contributed by atoms with Crippen LogP contribution in [0.15, 0.2) is 54.6 Å². The first-order valence-corrected chi connectivity index (χ1v) is 14.3. The molecule has 0 bridgehead atoms. The number of carboxylic acids is 1. The average Bonchev–Trinajstić information content (AvgIpc) is 2.83. The molecular weight excluding hydrogens is 525 g/mol. The molecule has 0 saturated carbocycles. The van der Waals surface area contributed by atoms with Gasteiger partial charge in [0, 0.05) is 25.3 Å². The van der Waals surface area contributed by atoms with Crippen LogP contribution in [0.4, 0.5) is 10.1 Å². The summed E-state index contributed by atoms with van der Waals surface area (Å²) < 4.78 is 51.3. The third-order valence-electron chi connectivity index (χ3n) is 5.58. The van der Waals surface area contributed by atoms with Gasteiger partial charge in [-0.25, -0.2) is 4.39 Å². The Hall–Kier alpha value is -3.47. The van der Waals surface area contributed by atoms with Gasteiger partial charge in [0.05, 0.1) is 12.9 Å². The summed E-state index contributed by atoms with van der Waals surface area (Å²) in [4.78, 5) is 10.7. The highest BCUT2D eigenvalue weighted by atomic mass is 32.2. The van der Waals surface area contributed by atoms with Crippen molar-refractivity contribution in [3.63, 3.8) is 0 Å². The summed E-state index contributed by atoms with van der Waals surface area (Å²) in [7, 11) is -3.67. The molecule has 0 aromatic heterocycles. The van der Waals surface area contributed by atoms with Gasteiger partial charge in [-0.3, -0.25) is 9.35 Å². The van der Waals surface area contributed by atoms with E-state index in [0.717, 1.165) is 28.0 Å². The van der Waals surface area contributed by atoms with Crippen molar-refractivity contribution in [3.05, 3.63) is 82.7 Å². The molecule has 0 fully saturated rings. The molecule has 0 unspecified atom stereocenters. The van der Waals surface area contributed by atoms with Crippen molar-refractivity contribution < 1.29 is 36.7 Å². The van der Waals surface area contributed by atoms with E-state index >= 15 is 0 Å². The number of benzene rings is 3. The lowest BCUT2D eigenvalue weighted by molar-refractivity contribution is -0.136. The van der Waals surface area contributed by atoms with Gasteiger partial charge in [-0.1, -0.05) is 24.3 Å². The van der Waals surface area contributed by atoms with Crippen molar-refractivity contribution in [2.24, 2.45) is 0 Å². The normalized spacial score (nSPS) is 10.9. The number of aryl methyl sites for hydroxylation is 3. The number of aliphatic carboxylic acids is 1. The molecule has 3 rings (SSSR count). The van der Waals surface area contributed by atoms with Crippen molar-refractivity contribution in [2.45, 2.75) is 40.2 Å². The minimum atomic E-state index is -3.67. The Balaban J connectivity index is 0.000000976. The lowest BCUT2D eigenvalue weighted by atomic mass is 9.94. The molecule has 0 radical (unpaired) electrons. The fourth-order valence-electron chi connectivity index (χ4n) is 3.97. The molecule has 0 amide bonds. The Morgan fingerprint density at radius 2 is 1.69 bits per heavy atom. The summed E-state index contributed by atoms with van der Waals surface area (Å²) in [5.74, 6) is -0.490. The maximum Gasteiger partial charge on any atom is 0.303 e. The second-order valence-corrected chi connectivity index (χ2v) is 10.4. The standard InChI is InChI=1S/C28H32FNO4.CH4O3S/c1-4-33-12-13-34-25-14-19(2)28(20(3)15-25)23-7-5-6-21(16-23)18-30-24-10-8-22(26(29)17-24)9-11-27(31)32;1-5(2,3)4/h5-8,10,14-17,30H,4,9,11-13,18H2,1-3H3,(H,31,32);1H3,(H,2,3,4). The number of halogens is 1. The molecule has 212 valence electrons. The second kappa shape index (κ2) is 15.2. The van der Waals surface area contributed by atoms with E-state index in [9.17, 15) is 17.6 Å². The summed E-state index contributed by atoms with van der Waals surface area (Å²) in [5.41, 5.74) is 6.70. The zero-order chi connectivity index (χ0) is 29.0. The third-order valence-corrected chi connectivity index (χ3v) is 5.58. The summed E-state index contributed by atoms with van der Waals surface area (Å²) in [5, 5.41) is 12.0. The number of hydrogen-bond donors (Lipinski definition) is 3. The Morgan fingerprint density at radius 1 is 1.03 bits per heavy atom. The molecule has 3 aromatic carbocycles. The Morgan fingerprint density at radius 3 is 2.28 bits per heavy atom. The molecule has 0 aliphatic rings. The first-order chi connectivity index (χ1) is 18.4. The maximum atomic E-state index is 14.3. The van der Waals surface area contributed by atoms with Crippen LogP contribution in [-0.4, -0.2) is 50.1 Å². The van der Waals surface area contributed by atoms with Crippen LogP contribution in [0.1, 0.15) is 35.6 Å². The third kappa shape index (κ3) is 11.8. The molecule has 39 heavy (non-hydrogen) atoms. The molecule has 0 aliphatic heterocycles. The molecular formula is C29H36FNO7S. The molecule has 3 N–H and O–H groups in total. The van der Waals surface area contributed by atoms with E-state index < -0.39 is 21.9 Å². The molecule has 0 atom stereocenters. The van der Waals surface area contributed by atoms with E-state index in [4.69, 9.17) is 19.1 Å². The monoisotopic (exact) mass is 561 g/mol. The fraction of sp³-hybridized carbons (Fsp3) is 0.345. The number of nitrogens with one attached hydrogen (secondary N) is 1. The van der Waals surface area contributed by atoms with E-state index in [-0.39, 0.29) is 12.8 Å². The van der Waals surface area contributed by atoms with E-state index in [1.807, 2.05) is 31.2 Å². The summed E-state index contributed by atoms with van der Waals surface area (Å²) in [6.07, 6.45) is 0.807. The van der Waals surface area contributed by atoms with Crippen molar-refractivity contribution in [1.82, 2.24) is 0 Å². The number of carbonyl (C=O) groups is 1. The quantitative estimate of drug-likeness (QED) is 0.191. The average molecular weight is 562 g/mol. The van der Waals surface area contributed by atoms with Crippen molar-refractivity contribution in [3.8, 4) is 16.9 Å². The van der Waals surface area contributed by atoms with Crippen molar-refractivity contribution in [2.75, 3.05) is 31.4 Å². The van der Waals surface area contributed by atoms with Gasteiger partial charge in [0.1, 0.15) is 18.2 Å². The Labute approximate surface area is 229 Å². The topological polar surface area (TPSA) is 122 Å². The van der Waals surface area contributed by atoms with E-state index in [1.165, 1.54) is 11.6 Å². The van der Waals surface area contributed by atoms with Crippen LogP contribution < -0.4 is 10.1 Å². The van der Waals surface area contributed by atoms with Crippen LogP contribution >= 0.6 is 0 Å². The number of rotatable bonds is 12. The van der Waals surface area contributed by atoms with Crippen LogP contribution in [0.2, 0.25) is 0 Å². The second-order valence-electron chi connectivity index (χ2n) is 8.96. The lowest BCUT2D eigenvalue weighted by Crippen LogP contribution is -2.06. The molecule has 10 heteroatoms. The summed E-state index contributed by atoms with van der Waals surface area (Å²) in [6.45, 7) is 8.44. The molecule has 3 aromatic rings. The van der Waals surface area contributed by atoms with Crippen molar-refractivity contribution >= 4 is 21.8 Å². The highest BCUT2D eigenvalue weighted by molar-refractivity contribution is 7.85. The van der Waals surface area contributed by atoms with Gasteiger partial charge in [-0.15, -0.1) is 0 Å². The first kappa shape index (κ1) is 31.7. The molecule has 0 heterocycles. The molecule has 0 aliphatic carbocycles. The first-order valence-electron chi connectivity index (χ1n) is 12.4. The van der Waals surface area contributed by atoms with Gasteiger partial charge < -0.3 is 19.9 Å². The molecule has 0 saturated heterocycles. The number of anilines is 1. The molecule has 8 nitrogen and oxygen atoms in total. The smallest absolute Gasteiger partial charge is 0.303 e. The van der Waals surface area contributed by atoms with Gasteiger partial charge in [0.25, 0.3) is 10.1 Å². The number of hydrogen-bond acceptors (Lipinski definition) is 6. The van der Waals surface area contributed by atoms with Gasteiger partial charge in [-0.05, 0) is 90.9 Å². The number of ether oxygens (including phenoxy) is 2. The van der Waals surface area contributed by atoms with Gasteiger partial charge in [0.15, 0.2) is 0 Å². The van der Waals surface area contributed by atoms with E-state index in [1.54, 1.807) is 12.1 Å². The van der Waals surface area contributed by atoms with Gasteiger partial charge in [0.2, 0.25) is 0 Å². The van der Waals surface area contributed by atoms with Crippen LogP contribution in [0, 0.1) is 19.7 Å². The lowest BCUT2D eigenvalue weighted by Gasteiger charge is -2.15. The Bertz CT molecular complexity index is 1330. The maximum absolute atomic E-state index is 14.3. The zero-order valence-electron chi connectivity index (χ0n) is 22.7. The van der Waals surface area contributed by atoms with Crippen LogP contribution in [0.5, 0.6) is 5.75 Å². The predicted molar refractivity (Wildman–Crippen MR) is 150 cm³/mol. The van der Waals surface area contributed by atoms with E-state index in [2.05, 4.69) is 31.3 Å².